The molecule has 0 atom stereocenters. The van der Waals surface area contributed by atoms with E-state index in [0.717, 1.165) is 25.2 Å². The Hall–Kier alpha value is -0.890. The molecule has 1 aliphatic heterocycles. The van der Waals surface area contributed by atoms with Gasteiger partial charge < -0.3 is 16.0 Å². The maximum absolute atomic E-state index is 5.94. The molecule has 0 radical (unpaired) electrons. The lowest BCUT2D eigenvalue weighted by Gasteiger charge is -2.30. The second-order valence-electron chi connectivity index (χ2n) is 6.01. The van der Waals surface area contributed by atoms with Gasteiger partial charge in [0.15, 0.2) is 5.96 Å². The zero-order valence-electron chi connectivity index (χ0n) is 14.1. The van der Waals surface area contributed by atoms with Gasteiger partial charge in [0.2, 0.25) is 0 Å². The molecule has 0 bridgehead atoms. The highest BCUT2D eigenvalue weighted by atomic mass is 127. The Balaban J connectivity index is 0.00000264. The maximum atomic E-state index is 5.94. The predicted molar refractivity (Wildman–Crippen MR) is 107 cm³/mol. The van der Waals surface area contributed by atoms with Crippen LogP contribution in [0.2, 0.25) is 0 Å². The van der Waals surface area contributed by atoms with E-state index in [1.165, 1.54) is 38.9 Å². The molecular weight excluding hydrogens is 401 g/mol. The normalized spacial score (nSPS) is 16.8. The van der Waals surface area contributed by atoms with Crippen molar-refractivity contribution in [2.45, 2.75) is 32.6 Å². The van der Waals surface area contributed by atoms with Crippen LogP contribution in [-0.2, 0) is 6.42 Å². The largest absolute Gasteiger partial charge is 0.370 e. The molecule has 1 aromatic rings. The SMILES string of the molecule is CCCN1CCC(CN=C(N)NCCc2ccccn2)CC1.I. The average molecular weight is 431 g/mol. The molecule has 0 unspecified atom stereocenters. The first kappa shape index (κ1) is 20.2. The molecule has 0 aromatic carbocycles. The van der Waals surface area contributed by atoms with Gasteiger partial charge >= 0.3 is 0 Å². The summed E-state index contributed by atoms with van der Waals surface area (Å²) < 4.78 is 0. The molecular formula is C17H30IN5. The number of pyridine rings is 1. The van der Waals surface area contributed by atoms with Gasteiger partial charge in [0.05, 0.1) is 0 Å². The summed E-state index contributed by atoms with van der Waals surface area (Å²) in [6, 6.07) is 5.96. The maximum Gasteiger partial charge on any atom is 0.188 e. The fraction of sp³-hybridized carbons (Fsp3) is 0.647. The molecule has 0 spiro atoms. The quantitative estimate of drug-likeness (QED) is 0.395. The number of aromatic nitrogens is 1. The Bertz CT molecular complexity index is 444. The summed E-state index contributed by atoms with van der Waals surface area (Å²) in [4.78, 5) is 11.3. The smallest absolute Gasteiger partial charge is 0.188 e. The van der Waals surface area contributed by atoms with E-state index < -0.39 is 0 Å². The van der Waals surface area contributed by atoms with Crippen LogP contribution in [-0.4, -0.2) is 48.6 Å². The first-order valence-corrected chi connectivity index (χ1v) is 8.44. The molecule has 23 heavy (non-hydrogen) atoms. The highest BCUT2D eigenvalue weighted by Crippen LogP contribution is 2.17. The highest BCUT2D eigenvalue weighted by molar-refractivity contribution is 14.0. The second-order valence-corrected chi connectivity index (χ2v) is 6.01. The van der Waals surface area contributed by atoms with E-state index in [1.807, 2.05) is 24.4 Å². The van der Waals surface area contributed by atoms with Gasteiger partial charge in [-0.05, 0) is 56.9 Å². The topological polar surface area (TPSA) is 66.5 Å². The van der Waals surface area contributed by atoms with Gasteiger partial charge in [0, 0.05) is 31.4 Å². The van der Waals surface area contributed by atoms with Crippen molar-refractivity contribution in [3.8, 4) is 0 Å². The third-order valence-corrected chi connectivity index (χ3v) is 4.18. The fourth-order valence-corrected chi connectivity index (χ4v) is 2.86. The minimum absolute atomic E-state index is 0. The number of likely N-dealkylation sites (tertiary alicyclic amines) is 1. The van der Waals surface area contributed by atoms with Crippen LogP contribution in [0.25, 0.3) is 0 Å². The standard InChI is InChI=1S/C17H29N5.HI/c1-2-11-22-12-7-15(8-13-22)14-21-17(18)20-10-6-16-5-3-4-9-19-16;/h3-5,9,15H,2,6-8,10-14H2,1H3,(H3,18,20,21);1H. The Labute approximate surface area is 157 Å². The van der Waals surface area contributed by atoms with Crippen molar-refractivity contribution in [3.63, 3.8) is 0 Å². The van der Waals surface area contributed by atoms with Gasteiger partial charge in [0.25, 0.3) is 0 Å². The molecule has 3 N–H and O–H groups in total. The summed E-state index contributed by atoms with van der Waals surface area (Å²) in [6.45, 7) is 7.52. The van der Waals surface area contributed by atoms with Crippen molar-refractivity contribution in [2.75, 3.05) is 32.7 Å². The van der Waals surface area contributed by atoms with E-state index in [1.54, 1.807) is 0 Å². The Morgan fingerprint density at radius 3 is 2.83 bits per heavy atom. The fourth-order valence-electron chi connectivity index (χ4n) is 2.86. The second kappa shape index (κ2) is 11.6. The first-order valence-electron chi connectivity index (χ1n) is 8.44. The van der Waals surface area contributed by atoms with Crippen LogP contribution < -0.4 is 11.1 Å². The predicted octanol–water partition coefficient (Wildman–Crippen LogP) is 2.27. The van der Waals surface area contributed by atoms with E-state index in [0.29, 0.717) is 11.9 Å². The number of piperidine rings is 1. The van der Waals surface area contributed by atoms with Gasteiger partial charge in [-0.3, -0.25) is 9.98 Å². The molecule has 1 aromatic heterocycles. The number of nitrogens with one attached hydrogen (secondary N) is 1. The van der Waals surface area contributed by atoms with E-state index in [-0.39, 0.29) is 24.0 Å². The van der Waals surface area contributed by atoms with E-state index >= 15 is 0 Å². The van der Waals surface area contributed by atoms with Gasteiger partial charge in [0.1, 0.15) is 0 Å². The Morgan fingerprint density at radius 2 is 2.17 bits per heavy atom. The molecule has 2 heterocycles. The lowest BCUT2D eigenvalue weighted by Crippen LogP contribution is -2.36. The van der Waals surface area contributed by atoms with E-state index in [4.69, 9.17) is 5.73 Å². The number of guanidine groups is 1. The average Bonchev–Trinajstić information content (AvgIpc) is 2.55. The molecule has 1 aliphatic rings. The van der Waals surface area contributed by atoms with Crippen molar-refractivity contribution >= 4 is 29.9 Å². The molecule has 6 heteroatoms. The molecule has 5 nitrogen and oxygen atoms in total. The van der Waals surface area contributed by atoms with Crippen LogP contribution in [0.5, 0.6) is 0 Å². The summed E-state index contributed by atoms with van der Waals surface area (Å²) in [5, 5.41) is 3.18. The number of hydrogen-bond acceptors (Lipinski definition) is 3. The molecule has 0 amide bonds. The lowest BCUT2D eigenvalue weighted by atomic mass is 9.97. The molecule has 0 saturated carbocycles. The van der Waals surface area contributed by atoms with Crippen molar-refractivity contribution in [1.82, 2.24) is 15.2 Å². The van der Waals surface area contributed by atoms with Gasteiger partial charge in [-0.2, -0.15) is 0 Å². The van der Waals surface area contributed by atoms with Crippen molar-refractivity contribution in [3.05, 3.63) is 30.1 Å². The highest BCUT2D eigenvalue weighted by Gasteiger charge is 2.17. The minimum Gasteiger partial charge on any atom is -0.370 e. The lowest BCUT2D eigenvalue weighted by molar-refractivity contribution is 0.188. The number of aliphatic imine (C=N–C) groups is 1. The van der Waals surface area contributed by atoms with Crippen LogP contribution in [0.1, 0.15) is 31.9 Å². The van der Waals surface area contributed by atoms with Crippen LogP contribution >= 0.6 is 24.0 Å². The molecule has 0 aliphatic carbocycles. The Morgan fingerprint density at radius 1 is 1.39 bits per heavy atom. The minimum atomic E-state index is 0. The number of halogens is 1. The van der Waals surface area contributed by atoms with Crippen LogP contribution in [0.4, 0.5) is 0 Å². The third-order valence-electron chi connectivity index (χ3n) is 4.18. The van der Waals surface area contributed by atoms with Gasteiger partial charge in [-0.15, -0.1) is 24.0 Å². The zero-order valence-corrected chi connectivity index (χ0v) is 16.4. The van der Waals surface area contributed by atoms with Crippen LogP contribution in [0.15, 0.2) is 29.4 Å². The van der Waals surface area contributed by atoms with Crippen LogP contribution in [0, 0.1) is 5.92 Å². The number of rotatable bonds is 7. The first-order chi connectivity index (χ1) is 10.8. The third kappa shape index (κ3) is 7.97. The van der Waals surface area contributed by atoms with Gasteiger partial charge in [-0.1, -0.05) is 13.0 Å². The van der Waals surface area contributed by atoms with Crippen LogP contribution in [0.3, 0.4) is 0 Å². The Kier molecular flexibility index (Phi) is 10.2. The summed E-state index contributed by atoms with van der Waals surface area (Å²) in [7, 11) is 0. The van der Waals surface area contributed by atoms with Gasteiger partial charge in [-0.25, -0.2) is 0 Å². The van der Waals surface area contributed by atoms with Crippen molar-refractivity contribution < 1.29 is 0 Å². The molecule has 1 fully saturated rings. The summed E-state index contributed by atoms with van der Waals surface area (Å²) in [6.07, 6.45) is 6.41. The molecule has 1 saturated heterocycles. The monoisotopic (exact) mass is 431 g/mol. The van der Waals surface area contributed by atoms with E-state index in [9.17, 15) is 0 Å². The summed E-state index contributed by atoms with van der Waals surface area (Å²) >= 11 is 0. The molecule has 2 rings (SSSR count). The number of nitrogens with two attached hydrogens (primary N) is 1. The number of nitrogens with zero attached hydrogens (tertiary/aromatic N) is 3. The van der Waals surface area contributed by atoms with Crippen molar-refractivity contribution in [1.29, 1.82) is 0 Å². The summed E-state index contributed by atoms with van der Waals surface area (Å²) in [5.74, 6) is 1.25. The zero-order chi connectivity index (χ0) is 15.6. The van der Waals surface area contributed by atoms with Crippen molar-refractivity contribution in [2.24, 2.45) is 16.6 Å². The van der Waals surface area contributed by atoms with E-state index in [2.05, 4.69) is 27.1 Å². The summed E-state index contributed by atoms with van der Waals surface area (Å²) in [5.41, 5.74) is 7.01. The molecule has 130 valence electrons. The number of hydrogen-bond donors (Lipinski definition) is 2.